The Kier molecular flexibility index (Phi) is 4.51. The van der Waals surface area contributed by atoms with Gasteiger partial charge in [0.2, 0.25) is 0 Å². The summed E-state index contributed by atoms with van der Waals surface area (Å²) in [5.74, 6) is -1.50. The van der Waals surface area contributed by atoms with E-state index in [2.05, 4.69) is 5.32 Å². The van der Waals surface area contributed by atoms with Crippen molar-refractivity contribution in [3.63, 3.8) is 0 Å². The summed E-state index contributed by atoms with van der Waals surface area (Å²) in [6, 6.07) is 14.8. The molecule has 0 aromatic heterocycles. The predicted octanol–water partition coefficient (Wildman–Crippen LogP) is 2.75. The molecule has 1 atom stereocenters. The number of hydrogen-bond acceptors (Lipinski definition) is 2. The third-order valence-electron chi connectivity index (χ3n) is 3.23. The number of nitrogens with one attached hydrogen (secondary N) is 1. The summed E-state index contributed by atoms with van der Waals surface area (Å²) in [5, 5.41) is 12.2. The molecule has 3 nitrogen and oxygen atoms in total. The van der Waals surface area contributed by atoms with Crippen LogP contribution >= 0.6 is 0 Å². The van der Waals surface area contributed by atoms with Gasteiger partial charge in [0.05, 0.1) is 0 Å². The highest BCUT2D eigenvalue weighted by Crippen LogP contribution is 2.39. The first-order chi connectivity index (χ1) is 10.4. The van der Waals surface area contributed by atoms with E-state index in [1.165, 1.54) is 18.2 Å². The number of amides is 1. The Morgan fingerprint density at radius 1 is 0.955 bits per heavy atom. The lowest BCUT2D eigenvalue weighted by Gasteiger charge is -2.29. The van der Waals surface area contributed by atoms with Crippen LogP contribution in [0.4, 0.5) is 13.2 Å². The van der Waals surface area contributed by atoms with E-state index in [-0.39, 0.29) is 6.54 Å². The first-order valence-corrected chi connectivity index (χ1v) is 6.52. The molecule has 0 saturated carbocycles. The molecule has 0 unspecified atom stereocenters. The molecular weight excluding hydrogens is 295 g/mol. The molecule has 2 aromatic rings. The van der Waals surface area contributed by atoms with Crippen molar-refractivity contribution in [3.8, 4) is 0 Å². The van der Waals surface area contributed by atoms with E-state index in [9.17, 15) is 23.1 Å². The normalized spacial score (nSPS) is 14.2. The van der Waals surface area contributed by atoms with Crippen LogP contribution in [0, 0.1) is 0 Å². The number of alkyl halides is 3. The van der Waals surface area contributed by atoms with Crippen LogP contribution in [0.3, 0.4) is 0 Å². The maximum Gasteiger partial charge on any atom is 0.430 e. The highest BCUT2D eigenvalue weighted by molar-refractivity contribution is 5.87. The Hall–Kier alpha value is -2.34. The minimum absolute atomic E-state index is 0.106. The monoisotopic (exact) mass is 309 g/mol. The van der Waals surface area contributed by atoms with Gasteiger partial charge in [0, 0.05) is 12.1 Å². The highest BCUT2D eigenvalue weighted by atomic mass is 19.4. The number of hydrogen-bond donors (Lipinski definition) is 2. The SMILES string of the molecule is O=C(NCc1ccccc1)[C@](O)(c1ccccc1)C(F)(F)F. The van der Waals surface area contributed by atoms with E-state index >= 15 is 0 Å². The minimum Gasteiger partial charge on any atom is -0.369 e. The van der Waals surface area contributed by atoms with Crippen LogP contribution in [0.5, 0.6) is 0 Å². The van der Waals surface area contributed by atoms with Crippen LogP contribution in [-0.2, 0) is 16.9 Å². The van der Waals surface area contributed by atoms with Crippen molar-refractivity contribution in [3.05, 3.63) is 71.8 Å². The van der Waals surface area contributed by atoms with Crippen molar-refractivity contribution >= 4 is 5.91 Å². The van der Waals surface area contributed by atoms with E-state index in [1.54, 1.807) is 30.3 Å². The molecule has 6 heteroatoms. The third-order valence-corrected chi connectivity index (χ3v) is 3.23. The fraction of sp³-hybridized carbons (Fsp3) is 0.188. The van der Waals surface area contributed by atoms with Crippen molar-refractivity contribution in [2.24, 2.45) is 0 Å². The molecule has 22 heavy (non-hydrogen) atoms. The number of halogens is 3. The molecule has 2 rings (SSSR count). The van der Waals surface area contributed by atoms with E-state index in [1.807, 2.05) is 0 Å². The Bertz CT molecular complexity index is 629. The fourth-order valence-electron chi connectivity index (χ4n) is 2.01. The van der Waals surface area contributed by atoms with Crippen molar-refractivity contribution in [2.75, 3.05) is 0 Å². The molecule has 116 valence electrons. The standard InChI is InChI=1S/C16H14F3NO2/c17-16(18,19)15(22,13-9-5-2-6-10-13)14(21)20-11-12-7-3-1-4-8-12/h1-10,22H,11H2,(H,20,21)/t15-/m1/s1. The van der Waals surface area contributed by atoms with Crippen molar-refractivity contribution in [1.29, 1.82) is 0 Å². The Balaban J connectivity index is 2.25. The lowest BCUT2D eigenvalue weighted by atomic mass is 9.92. The molecule has 0 aliphatic rings. The zero-order valence-electron chi connectivity index (χ0n) is 11.5. The highest BCUT2D eigenvalue weighted by Gasteiger charge is 2.60. The first-order valence-electron chi connectivity index (χ1n) is 6.52. The van der Waals surface area contributed by atoms with Gasteiger partial charge in [0.25, 0.3) is 11.5 Å². The van der Waals surface area contributed by atoms with Crippen LogP contribution < -0.4 is 5.32 Å². The summed E-state index contributed by atoms with van der Waals surface area (Å²) in [7, 11) is 0. The quantitative estimate of drug-likeness (QED) is 0.912. The van der Waals surface area contributed by atoms with Crippen LogP contribution in [-0.4, -0.2) is 17.2 Å². The van der Waals surface area contributed by atoms with Gasteiger partial charge in [0.1, 0.15) is 0 Å². The Morgan fingerprint density at radius 2 is 1.45 bits per heavy atom. The second-order valence-corrected chi connectivity index (χ2v) is 4.74. The third kappa shape index (κ3) is 3.12. The molecule has 0 saturated heterocycles. The number of carbonyl (C=O) groups is 1. The summed E-state index contributed by atoms with van der Waals surface area (Å²) in [4.78, 5) is 12.0. The van der Waals surface area contributed by atoms with Crippen LogP contribution in [0.1, 0.15) is 11.1 Å². The minimum atomic E-state index is -5.13. The van der Waals surface area contributed by atoms with Gasteiger partial charge < -0.3 is 10.4 Å². The smallest absolute Gasteiger partial charge is 0.369 e. The summed E-state index contributed by atoms with van der Waals surface area (Å²) in [5.41, 5.74) is -3.47. The van der Waals surface area contributed by atoms with Gasteiger partial charge in [0.15, 0.2) is 0 Å². The zero-order valence-corrected chi connectivity index (χ0v) is 11.5. The molecule has 1 amide bonds. The van der Waals surface area contributed by atoms with Gasteiger partial charge >= 0.3 is 6.18 Å². The van der Waals surface area contributed by atoms with Crippen LogP contribution in [0.2, 0.25) is 0 Å². The lowest BCUT2D eigenvalue weighted by Crippen LogP contribution is -2.54. The topological polar surface area (TPSA) is 49.3 Å². The molecule has 0 aliphatic carbocycles. The second-order valence-electron chi connectivity index (χ2n) is 4.74. The van der Waals surface area contributed by atoms with Gasteiger partial charge in [-0.05, 0) is 5.56 Å². The van der Waals surface area contributed by atoms with Crippen LogP contribution in [0.15, 0.2) is 60.7 Å². The molecule has 0 aliphatic heterocycles. The second kappa shape index (κ2) is 6.19. The van der Waals surface area contributed by atoms with E-state index in [4.69, 9.17) is 0 Å². The van der Waals surface area contributed by atoms with Gasteiger partial charge in [-0.1, -0.05) is 60.7 Å². The van der Waals surface area contributed by atoms with Crippen molar-refractivity contribution < 1.29 is 23.1 Å². The van der Waals surface area contributed by atoms with Crippen LogP contribution in [0.25, 0.3) is 0 Å². The maximum absolute atomic E-state index is 13.3. The number of aliphatic hydroxyl groups is 1. The molecule has 2 N–H and O–H groups in total. The van der Waals surface area contributed by atoms with Crippen molar-refractivity contribution in [2.45, 2.75) is 18.3 Å². The van der Waals surface area contributed by atoms with Gasteiger partial charge in [-0.2, -0.15) is 13.2 Å². The Labute approximate surface area is 125 Å². The molecule has 2 aromatic carbocycles. The predicted molar refractivity (Wildman–Crippen MR) is 74.7 cm³/mol. The maximum atomic E-state index is 13.3. The average molecular weight is 309 g/mol. The fourth-order valence-corrected chi connectivity index (χ4v) is 2.01. The summed E-state index contributed by atoms with van der Waals surface area (Å²) >= 11 is 0. The first kappa shape index (κ1) is 16.0. The van der Waals surface area contributed by atoms with Gasteiger partial charge in [-0.15, -0.1) is 0 Å². The summed E-state index contributed by atoms with van der Waals surface area (Å²) in [6.07, 6.45) is -5.13. The lowest BCUT2D eigenvalue weighted by molar-refractivity contribution is -0.257. The zero-order chi connectivity index (χ0) is 16.2. The summed E-state index contributed by atoms with van der Waals surface area (Å²) in [6.45, 7) is -0.106. The van der Waals surface area contributed by atoms with E-state index in [0.717, 1.165) is 12.1 Å². The number of benzene rings is 2. The van der Waals surface area contributed by atoms with Crippen molar-refractivity contribution in [1.82, 2.24) is 5.32 Å². The van der Waals surface area contributed by atoms with Gasteiger partial charge in [-0.3, -0.25) is 4.79 Å². The Morgan fingerprint density at radius 3 is 1.95 bits per heavy atom. The molecule has 0 spiro atoms. The number of rotatable bonds is 4. The molecule has 0 fully saturated rings. The molecule has 0 heterocycles. The molecule has 0 bridgehead atoms. The average Bonchev–Trinajstić information content (AvgIpc) is 2.52. The molecular formula is C16H14F3NO2. The van der Waals surface area contributed by atoms with Gasteiger partial charge in [-0.25, -0.2) is 0 Å². The molecule has 0 radical (unpaired) electrons. The largest absolute Gasteiger partial charge is 0.430 e. The van der Waals surface area contributed by atoms with E-state index in [0.29, 0.717) is 5.56 Å². The van der Waals surface area contributed by atoms with E-state index < -0.39 is 23.2 Å². The summed E-state index contributed by atoms with van der Waals surface area (Å²) < 4.78 is 39.8. The number of carbonyl (C=O) groups excluding carboxylic acids is 1.